The molecular weight excluding hydrogens is 299 g/mol. The lowest BCUT2D eigenvalue weighted by atomic mass is 10.3. The average Bonchev–Trinajstić information content (AvgIpc) is 2.32. The van der Waals surface area contributed by atoms with Gasteiger partial charge in [0.05, 0.1) is 22.5 Å². The Hall–Kier alpha value is -1.47. The third kappa shape index (κ3) is 3.51. The maximum atomic E-state index is 12.4. The van der Waals surface area contributed by atoms with Gasteiger partial charge in [-0.2, -0.15) is 13.2 Å². The van der Waals surface area contributed by atoms with E-state index in [1.807, 2.05) is 0 Å². The predicted molar refractivity (Wildman–Crippen MR) is 67.0 cm³/mol. The van der Waals surface area contributed by atoms with Crippen molar-refractivity contribution in [2.75, 3.05) is 5.73 Å². The normalized spacial score (nSPS) is 11.6. The third-order valence-corrected chi connectivity index (χ3v) is 3.46. The lowest BCUT2D eigenvalue weighted by Crippen LogP contribution is -2.05. The fraction of sp³-hybridized carbons (Fsp3) is 0.0909. The monoisotopic (exact) mass is 305 g/mol. The topological polar surface area (TPSA) is 51.8 Å². The van der Waals surface area contributed by atoms with Crippen LogP contribution >= 0.6 is 23.4 Å². The van der Waals surface area contributed by atoms with Crippen LogP contribution in [0.15, 0.2) is 40.6 Å². The standard InChI is InChI=1S/C11H7ClF3N3S/c12-8-3-7(16)5-18-10(8)19-9-2-1-6(4-17-9)11(13,14)15/h1-5H,16H2. The van der Waals surface area contributed by atoms with Gasteiger partial charge < -0.3 is 5.73 Å². The first kappa shape index (κ1) is 14.0. The zero-order valence-electron chi connectivity index (χ0n) is 9.28. The van der Waals surface area contributed by atoms with Gasteiger partial charge in [0.2, 0.25) is 0 Å². The van der Waals surface area contributed by atoms with E-state index < -0.39 is 11.7 Å². The quantitative estimate of drug-likeness (QED) is 0.914. The molecule has 2 aromatic heterocycles. The van der Waals surface area contributed by atoms with Gasteiger partial charge >= 0.3 is 6.18 Å². The molecule has 0 atom stereocenters. The first-order valence-electron chi connectivity index (χ1n) is 4.98. The molecular formula is C11H7ClF3N3S. The van der Waals surface area contributed by atoms with Crippen LogP contribution in [0.4, 0.5) is 18.9 Å². The third-order valence-electron chi connectivity index (χ3n) is 2.09. The molecule has 0 spiro atoms. The number of nitrogen functional groups attached to an aromatic ring is 1. The second-order valence-electron chi connectivity index (χ2n) is 3.54. The van der Waals surface area contributed by atoms with Crippen molar-refractivity contribution in [2.45, 2.75) is 16.2 Å². The van der Waals surface area contributed by atoms with Gasteiger partial charge in [-0.1, -0.05) is 11.6 Å². The Morgan fingerprint density at radius 1 is 1.16 bits per heavy atom. The van der Waals surface area contributed by atoms with Crippen molar-refractivity contribution < 1.29 is 13.2 Å². The van der Waals surface area contributed by atoms with E-state index in [1.54, 1.807) is 0 Å². The highest BCUT2D eigenvalue weighted by molar-refractivity contribution is 7.99. The van der Waals surface area contributed by atoms with Crippen LogP contribution in [0.25, 0.3) is 0 Å². The van der Waals surface area contributed by atoms with Crippen LogP contribution in [0, 0.1) is 0 Å². The highest BCUT2D eigenvalue weighted by Crippen LogP contribution is 2.33. The van der Waals surface area contributed by atoms with E-state index >= 15 is 0 Å². The largest absolute Gasteiger partial charge is 0.417 e. The Morgan fingerprint density at radius 2 is 1.89 bits per heavy atom. The average molecular weight is 306 g/mol. The van der Waals surface area contributed by atoms with Crippen molar-refractivity contribution in [3.63, 3.8) is 0 Å². The van der Waals surface area contributed by atoms with Crippen molar-refractivity contribution in [3.05, 3.63) is 41.2 Å². The van der Waals surface area contributed by atoms with Crippen molar-refractivity contribution >= 4 is 29.1 Å². The van der Waals surface area contributed by atoms with Gasteiger partial charge in [-0.25, -0.2) is 9.97 Å². The highest BCUT2D eigenvalue weighted by Gasteiger charge is 2.30. The zero-order valence-corrected chi connectivity index (χ0v) is 10.9. The van der Waals surface area contributed by atoms with Crippen LogP contribution in [0.5, 0.6) is 0 Å². The minimum atomic E-state index is -4.40. The van der Waals surface area contributed by atoms with Gasteiger partial charge in [0, 0.05) is 6.20 Å². The summed E-state index contributed by atoms with van der Waals surface area (Å²) in [7, 11) is 0. The summed E-state index contributed by atoms with van der Waals surface area (Å²) in [5.74, 6) is 0. The maximum absolute atomic E-state index is 12.4. The zero-order chi connectivity index (χ0) is 14.0. The molecule has 0 unspecified atom stereocenters. The summed E-state index contributed by atoms with van der Waals surface area (Å²) in [5.41, 5.74) is 5.11. The van der Waals surface area contributed by atoms with E-state index in [2.05, 4.69) is 9.97 Å². The van der Waals surface area contributed by atoms with Crippen LogP contribution in [-0.2, 0) is 6.18 Å². The molecule has 100 valence electrons. The fourth-order valence-electron chi connectivity index (χ4n) is 1.22. The summed E-state index contributed by atoms with van der Waals surface area (Å²) in [6.07, 6.45) is -2.21. The molecule has 0 bridgehead atoms. The number of alkyl halides is 3. The molecule has 2 N–H and O–H groups in total. The Bertz CT molecular complexity index is 587. The van der Waals surface area contributed by atoms with Gasteiger partial charge in [0.25, 0.3) is 0 Å². The van der Waals surface area contributed by atoms with Crippen LogP contribution in [0.3, 0.4) is 0 Å². The summed E-state index contributed by atoms with van der Waals surface area (Å²) < 4.78 is 37.1. The number of nitrogens with zero attached hydrogens (tertiary/aromatic N) is 2. The lowest BCUT2D eigenvalue weighted by molar-refractivity contribution is -0.137. The van der Waals surface area contributed by atoms with E-state index in [0.717, 1.165) is 24.0 Å². The molecule has 2 heterocycles. The van der Waals surface area contributed by atoms with Gasteiger partial charge in [0.1, 0.15) is 10.1 Å². The van der Waals surface area contributed by atoms with Crippen LogP contribution < -0.4 is 5.73 Å². The van der Waals surface area contributed by atoms with E-state index in [0.29, 0.717) is 20.8 Å². The van der Waals surface area contributed by atoms with Crippen LogP contribution in [0.1, 0.15) is 5.56 Å². The molecule has 2 rings (SSSR count). The van der Waals surface area contributed by atoms with E-state index in [9.17, 15) is 13.2 Å². The van der Waals surface area contributed by atoms with Gasteiger partial charge in [-0.15, -0.1) is 0 Å². The van der Waals surface area contributed by atoms with Crippen molar-refractivity contribution in [3.8, 4) is 0 Å². The first-order valence-corrected chi connectivity index (χ1v) is 6.18. The number of nitrogens with two attached hydrogens (primary N) is 1. The second-order valence-corrected chi connectivity index (χ2v) is 4.96. The minimum Gasteiger partial charge on any atom is -0.397 e. The molecule has 2 aromatic rings. The summed E-state index contributed by atoms with van der Waals surface area (Å²) >= 11 is 6.98. The first-order chi connectivity index (χ1) is 8.86. The highest BCUT2D eigenvalue weighted by atomic mass is 35.5. The molecule has 0 radical (unpaired) electrons. The Balaban J connectivity index is 2.20. The molecule has 3 nitrogen and oxygen atoms in total. The van der Waals surface area contributed by atoms with E-state index in [1.165, 1.54) is 18.3 Å². The smallest absolute Gasteiger partial charge is 0.397 e. The Morgan fingerprint density at radius 3 is 2.42 bits per heavy atom. The maximum Gasteiger partial charge on any atom is 0.417 e. The van der Waals surface area contributed by atoms with Crippen LogP contribution in [0.2, 0.25) is 5.02 Å². The van der Waals surface area contributed by atoms with Gasteiger partial charge in [-0.05, 0) is 30.0 Å². The van der Waals surface area contributed by atoms with Crippen molar-refractivity contribution in [2.24, 2.45) is 0 Å². The molecule has 0 aliphatic carbocycles. The van der Waals surface area contributed by atoms with Crippen LogP contribution in [-0.4, -0.2) is 9.97 Å². The number of pyridine rings is 2. The summed E-state index contributed by atoms with van der Waals surface area (Å²) in [6, 6.07) is 3.74. The molecule has 0 aliphatic heterocycles. The molecule has 0 amide bonds. The predicted octanol–water partition coefficient (Wildman–Crippen LogP) is 3.88. The summed E-state index contributed by atoms with van der Waals surface area (Å²) in [5, 5.41) is 1.13. The number of hydrogen-bond donors (Lipinski definition) is 1. The molecule has 19 heavy (non-hydrogen) atoms. The Labute approximate surface area is 116 Å². The van der Waals surface area contributed by atoms with E-state index in [-0.39, 0.29) is 0 Å². The SMILES string of the molecule is Nc1cnc(Sc2ccc(C(F)(F)F)cn2)c(Cl)c1. The molecule has 0 saturated heterocycles. The number of hydrogen-bond acceptors (Lipinski definition) is 4. The van der Waals surface area contributed by atoms with Crippen molar-refractivity contribution in [1.29, 1.82) is 0 Å². The summed E-state index contributed by atoms with van der Waals surface area (Å²) in [4.78, 5) is 7.71. The number of aromatic nitrogens is 2. The number of rotatable bonds is 2. The van der Waals surface area contributed by atoms with Crippen molar-refractivity contribution in [1.82, 2.24) is 9.97 Å². The fourth-order valence-corrected chi connectivity index (χ4v) is 2.21. The summed E-state index contributed by atoms with van der Waals surface area (Å²) in [6.45, 7) is 0. The molecule has 0 saturated carbocycles. The lowest BCUT2D eigenvalue weighted by Gasteiger charge is -2.07. The second kappa shape index (κ2) is 5.26. The minimum absolute atomic E-state index is 0.326. The molecule has 8 heteroatoms. The van der Waals surface area contributed by atoms with E-state index in [4.69, 9.17) is 17.3 Å². The number of anilines is 1. The molecule has 0 aliphatic rings. The van der Waals surface area contributed by atoms with Gasteiger partial charge in [0.15, 0.2) is 0 Å². The Kier molecular flexibility index (Phi) is 3.86. The molecule has 0 fully saturated rings. The molecule has 0 aromatic carbocycles. The van der Waals surface area contributed by atoms with Gasteiger partial charge in [-0.3, -0.25) is 0 Å². The number of halogens is 4.